The zero-order valence-electron chi connectivity index (χ0n) is 17.5. The summed E-state index contributed by atoms with van der Waals surface area (Å²) in [5.41, 5.74) is 7.26. The van der Waals surface area contributed by atoms with Gasteiger partial charge in [0.1, 0.15) is 5.75 Å². The Bertz CT molecular complexity index is 1290. The van der Waals surface area contributed by atoms with Crippen LogP contribution in [0.3, 0.4) is 0 Å². The predicted octanol–water partition coefficient (Wildman–Crippen LogP) is 2.66. The number of carbonyl (C=O) groups is 5. The molecule has 0 bridgehead atoms. The van der Waals surface area contributed by atoms with Gasteiger partial charge >= 0.3 is 6.03 Å². The van der Waals surface area contributed by atoms with Crippen LogP contribution in [0, 0.1) is 17.8 Å². The molecule has 0 radical (unpaired) electrons. The number of fused-ring (bicyclic) bond motifs is 3. The molecule has 1 saturated heterocycles. The van der Waals surface area contributed by atoms with E-state index in [1.165, 1.54) is 12.1 Å². The standard InChI is InChI=1S/C24H19BrN2O6/c1-9-6-17(29)20-15(21(9)30)8-13-11(18(20)14-7-10(25)2-5-16(14)28)3-4-12-19(13)23(32)27(22(12)31)24(26)33/h2-3,5-7,12-13,18-19,28H,4,8H2,1H3,(H2,26,33)/t12-,13+,18+,19-/m0/s1. The van der Waals surface area contributed by atoms with E-state index in [-0.39, 0.29) is 41.3 Å². The number of nitrogens with zero attached hydrogens (tertiary/aromatic N) is 1. The molecule has 0 unspecified atom stereocenters. The molecule has 8 nitrogen and oxygen atoms in total. The van der Waals surface area contributed by atoms with Crippen molar-refractivity contribution in [3.63, 3.8) is 0 Å². The van der Waals surface area contributed by atoms with E-state index in [1.54, 1.807) is 25.1 Å². The number of likely N-dealkylation sites (tertiary alicyclic amines) is 1. The number of allylic oxidation sites excluding steroid dienone is 6. The molecule has 1 aromatic carbocycles. The summed E-state index contributed by atoms with van der Waals surface area (Å²) in [5, 5.41) is 10.7. The van der Waals surface area contributed by atoms with Crippen molar-refractivity contribution in [2.45, 2.75) is 25.7 Å². The molecule has 1 aliphatic heterocycles. The quantitative estimate of drug-likeness (QED) is 0.338. The summed E-state index contributed by atoms with van der Waals surface area (Å²) in [6.45, 7) is 1.56. The number of urea groups is 1. The van der Waals surface area contributed by atoms with Gasteiger partial charge in [-0.3, -0.25) is 19.2 Å². The molecule has 0 aromatic heterocycles. The number of nitrogens with two attached hydrogens (primary N) is 1. The van der Waals surface area contributed by atoms with Crippen LogP contribution in [0.4, 0.5) is 4.79 Å². The molecule has 3 aliphatic carbocycles. The van der Waals surface area contributed by atoms with Gasteiger partial charge in [0.2, 0.25) is 11.8 Å². The Kier molecular flexibility index (Phi) is 4.79. The van der Waals surface area contributed by atoms with Crippen LogP contribution in [-0.4, -0.2) is 39.4 Å². The summed E-state index contributed by atoms with van der Waals surface area (Å²) in [7, 11) is 0. The van der Waals surface area contributed by atoms with E-state index in [1.807, 2.05) is 0 Å². The maximum atomic E-state index is 13.1. The normalized spacial score (nSPS) is 28.8. The fourth-order valence-electron chi connectivity index (χ4n) is 5.71. The number of Topliss-reactive ketones (excluding diaryl/α,β-unsaturated/α-hetero) is 1. The SMILES string of the molecule is CC1=CC(=O)C2=C(C[C@@H]3C(=CC[C@@H]4C(=O)N(C(N)=O)C(=O)[C@@H]43)[C@@H]2c2cc(Br)ccc2O)C1=O. The lowest BCUT2D eigenvalue weighted by Gasteiger charge is -2.42. The number of halogens is 1. The highest BCUT2D eigenvalue weighted by atomic mass is 79.9. The minimum atomic E-state index is -1.12. The van der Waals surface area contributed by atoms with Crippen LogP contribution in [0.1, 0.15) is 31.2 Å². The van der Waals surface area contributed by atoms with Crippen LogP contribution >= 0.6 is 15.9 Å². The lowest BCUT2D eigenvalue weighted by Crippen LogP contribution is -2.42. The summed E-state index contributed by atoms with van der Waals surface area (Å²) in [6, 6.07) is 3.70. The number of phenolic OH excluding ortho intramolecular Hbond substituents is 1. The summed E-state index contributed by atoms with van der Waals surface area (Å²) in [5.74, 6) is -4.98. The van der Waals surface area contributed by atoms with Crippen LogP contribution in [0.15, 0.2) is 57.1 Å². The molecule has 5 rings (SSSR count). The van der Waals surface area contributed by atoms with Crippen molar-refractivity contribution in [2.75, 3.05) is 0 Å². The Labute approximate surface area is 196 Å². The van der Waals surface area contributed by atoms with Crippen molar-refractivity contribution in [3.05, 3.63) is 62.7 Å². The number of hydrogen-bond acceptors (Lipinski definition) is 6. The fourth-order valence-corrected chi connectivity index (χ4v) is 6.09. The van der Waals surface area contributed by atoms with E-state index in [0.717, 1.165) is 0 Å². The van der Waals surface area contributed by atoms with Crippen molar-refractivity contribution in [1.82, 2.24) is 4.90 Å². The van der Waals surface area contributed by atoms with Crippen LogP contribution in [0.5, 0.6) is 5.75 Å². The van der Waals surface area contributed by atoms with E-state index in [9.17, 15) is 29.1 Å². The topological polar surface area (TPSA) is 135 Å². The van der Waals surface area contributed by atoms with E-state index >= 15 is 0 Å². The predicted molar refractivity (Wildman–Crippen MR) is 119 cm³/mol. The summed E-state index contributed by atoms with van der Waals surface area (Å²) >= 11 is 3.39. The number of carbonyl (C=O) groups excluding carboxylic acids is 5. The van der Waals surface area contributed by atoms with Gasteiger partial charge < -0.3 is 10.8 Å². The van der Waals surface area contributed by atoms with Crippen molar-refractivity contribution in [1.29, 1.82) is 0 Å². The number of imide groups is 3. The molecule has 4 amide bonds. The Morgan fingerprint density at radius 3 is 2.58 bits per heavy atom. The number of phenols is 1. The monoisotopic (exact) mass is 510 g/mol. The van der Waals surface area contributed by atoms with Gasteiger partial charge in [0.15, 0.2) is 11.6 Å². The second-order valence-corrected chi connectivity index (χ2v) is 9.70. The molecule has 4 aliphatic rings. The molecular weight excluding hydrogens is 492 g/mol. The maximum absolute atomic E-state index is 13.1. The van der Waals surface area contributed by atoms with Gasteiger partial charge in [0.05, 0.1) is 11.8 Å². The van der Waals surface area contributed by atoms with Gasteiger partial charge in [-0.1, -0.05) is 27.6 Å². The van der Waals surface area contributed by atoms with Gasteiger partial charge in [0.25, 0.3) is 0 Å². The molecule has 33 heavy (non-hydrogen) atoms. The number of rotatable bonds is 1. The number of amides is 4. The third kappa shape index (κ3) is 2.98. The molecule has 0 spiro atoms. The first-order valence-electron chi connectivity index (χ1n) is 10.5. The maximum Gasteiger partial charge on any atom is 0.328 e. The average molecular weight is 511 g/mol. The van der Waals surface area contributed by atoms with Gasteiger partial charge in [-0.2, -0.15) is 4.90 Å². The number of hydrogen-bond donors (Lipinski definition) is 2. The van der Waals surface area contributed by atoms with Gasteiger partial charge in [0, 0.05) is 32.7 Å². The Morgan fingerprint density at radius 2 is 1.88 bits per heavy atom. The van der Waals surface area contributed by atoms with E-state index in [0.29, 0.717) is 26.1 Å². The van der Waals surface area contributed by atoms with Crippen molar-refractivity contribution in [2.24, 2.45) is 23.5 Å². The summed E-state index contributed by atoms with van der Waals surface area (Å²) < 4.78 is 0.669. The number of primary amides is 1. The van der Waals surface area contributed by atoms with Crippen LogP contribution in [-0.2, 0) is 19.2 Å². The first kappa shape index (κ1) is 21.5. The smallest absolute Gasteiger partial charge is 0.328 e. The van der Waals surface area contributed by atoms with Crippen LogP contribution < -0.4 is 5.73 Å². The second-order valence-electron chi connectivity index (χ2n) is 8.78. The number of ketones is 2. The highest BCUT2D eigenvalue weighted by Gasteiger charge is 2.57. The largest absolute Gasteiger partial charge is 0.508 e. The van der Waals surface area contributed by atoms with Crippen LogP contribution in [0.2, 0.25) is 0 Å². The lowest BCUT2D eigenvalue weighted by atomic mass is 9.59. The minimum Gasteiger partial charge on any atom is -0.508 e. The van der Waals surface area contributed by atoms with E-state index in [2.05, 4.69) is 15.9 Å². The van der Waals surface area contributed by atoms with Gasteiger partial charge in [-0.15, -0.1) is 0 Å². The average Bonchev–Trinajstić information content (AvgIpc) is 3.02. The highest BCUT2D eigenvalue weighted by Crippen LogP contribution is 2.56. The lowest BCUT2D eigenvalue weighted by molar-refractivity contribution is -0.136. The van der Waals surface area contributed by atoms with Gasteiger partial charge in [-0.25, -0.2) is 4.79 Å². The third-order valence-corrected chi connectivity index (χ3v) is 7.58. The van der Waals surface area contributed by atoms with Crippen molar-refractivity contribution >= 4 is 45.3 Å². The summed E-state index contributed by atoms with van der Waals surface area (Å²) in [4.78, 5) is 64.4. The first-order valence-corrected chi connectivity index (χ1v) is 11.3. The molecule has 1 heterocycles. The Hall–Kier alpha value is -3.33. The Morgan fingerprint density at radius 1 is 1.15 bits per heavy atom. The molecule has 0 saturated carbocycles. The Balaban J connectivity index is 1.73. The highest BCUT2D eigenvalue weighted by molar-refractivity contribution is 9.10. The van der Waals surface area contributed by atoms with Crippen LogP contribution in [0.25, 0.3) is 0 Å². The zero-order valence-corrected chi connectivity index (χ0v) is 19.1. The van der Waals surface area contributed by atoms with E-state index in [4.69, 9.17) is 5.73 Å². The fraction of sp³-hybridized carbons (Fsp3) is 0.292. The van der Waals surface area contributed by atoms with Gasteiger partial charge in [-0.05, 0) is 50.0 Å². The van der Waals surface area contributed by atoms with Crippen molar-refractivity contribution < 1.29 is 29.1 Å². The molecule has 3 N–H and O–H groups in total. The van der Waals surface area contributed by atoms with Crippen molar-refractivity contribution in [3.8, 4) is 5.75 Å². The second kappa shape index (κ2) is 7.34. The summed E-state index contributed by atoms with van der Waals surface area (Å²) in [6.07, 6.45) is 3.39. The molecule has 4 atom stereocenters. The third-order valence-electron chi connectivity index (χ3n) is 7.08. The minimum absolute atomic E-state index is 0.0576. The molecule has 1 fully saturated rings. The van der Waals surface area contributed by atoms with E-state index < -0.39 is 41.5 Å². The zero-order chi connectivity index (χ0) is 23.8. The molecule has 9 heteroatoms. The molecular formula is C24H19BrN2O6. The molecule has 168 valence electrons. The molecule has 1 aromatic rings. The first-order chi connectivity index (χ1) is 15.6. The number of aromatic hydroxyl groups is 1. The number of benzene rings is 1.